The standard InChI is InChI=1S/C27H25N5O2/c33-24(34)14-17-6-8-19(9-7-17)25-21-12-13-28-26(21)32-27(31-25)22(16-30-32)20-10-11-23(29-15-20)18-4-2-1-3-5-18/h1-5,10-13,15-17,19,28H,6-9,14H2,(H,33,34). The topological polar surface area (TPSA) is 96.2 Å². The van der Waals surface area contributed by atoms with E-state index >= 15 is 0 Å². The summed E-state index contributed by atoms with van der Waals surface area (Å²) in [5.41, 5.74) is 6.77. The molecule has 0 atom stereocenters. The molecule has 4 aromatic heterocycles. The van der Waals surface area contributed by atoms with Gasteiger partial charge in [0.2, 0.25) is 0 Å². The summed E-state index contributed by atoms with van der Waals surface area (Å²) in [6.45, 7) is 0. The molecule has 0 spiro atoms. The van der Waals surface area contributed by atoms with Crippen molar-refractivity contribution >= 4 is 22.6 Å². The van der Waals surface area contributed by atoms with Crippen LogP contribution in [-0.2, 0) is 4.79 Å². The molecule has 1 aromatic carbocycles. The van der Waals surface area contributed by atoms with Gasteiger partial charge in [-0.1, -0.05) is 36.4 Å². The van der Waals surface area contributed by atoms with Gasteiger partial charge in [-0.2, -0.15) is 9.61 Å². The van der Waals surface area contributed by atoms with Crippen LogP contribution in [0.3, 0.4) is 0 Å². The average Bonchev–Trinajstić information content (AvgIpc) is 3.52. The number of fused-ring (bicyclic) bond motifs is 3. The molecular weight excluding hydrogens is 426 g/mol. The maximum absolute atomic E-state index is 11.1. The zero-order valence-corrected chi connectivity index (χ0v) is 18.7. The highest BCUT2D eigenvalue weighted by molar-refractivity contribution is 5.86. The second kappa shape index (κ2) is 8.41. The van der Waals surface area contributed by atoms with Crippen LogP contribution in [0, 0.1) is 5.92 Å². The van der Waals surface area contributed by atoms with Gasteiger partial charge in [-0.15, -0.1) is 0 Å². The van der Waals surface area contributed by atoms with E-state index in [1.165, 1.54) is 0 Å². The first-order chi connectivity index (χ1) is 16.7. The van der Waals surface area contributed by atoms with Crippen LogP contribution in [0.4, 0.5) is 0 Å². The summed E-state index contributed by atoms with van der Waals surface area (Å²) in [7, 11) is 0. The predicted molar refractivity (Wildman–Crippen MR) is 130 cm³/mol. The quantitative estimate of drug-likeness (QED) is 0.358. The largest absolute Gasteiger partial charge is 0.481 e. The van der Waals surface area contributed by atoms with Crippen molar-refractivity contribution in [1.29, 1.82) is 0 Å². The lowest BCUT2D eigenvalue weighted by Crippen LogP contribution is -2.17. The highest BCUT2D eigenvalue weighted by Gasteiger charge is 2.27. The molecule has 7 nitrogen and oxygen atoms in total. The van der Waals surface area contributed by atoms with Crippen molar-refractivity contribution in [2.45, 2.75) is 38.0 Å². The zero-order chi connectivity index (χ0) is 23.1. The second-order valence-electron chi connectivity index (χ2n) is 9.14. The normalized spacial score (nSPS) is 18.5. The Morgan fingerprint density at radius 3 is 2.56 bits per heavy atom. The first-order valence-electron chi connectivity index (χ1n) is 11.8. The van der Waals surface area contributed by atoms with Crippen molar-refractivity contribution in [1.82, 2.24) is 24.6 Å². The van der Waals surface area contributed by atoms with E-state index in [-0.39, 0.29) is 12.3 Å². The van der Waals surface area contributed by atoms with Gasteiger partial charge in [0.25, 0.3) is 0 Å². The highest BCUT2D eigenvalue weighted by Crippen LogP contribution is 2.39. The van der Waals surface area contributed by atoms with E-state index in [0.717, 1.165) is 70.4 Å². The number of aromatic amines is 1. The smallest absolute Gasteiger partial charge is 0.303 e. The van der Waals surface area contributed by atoms with Crippen LogP contribution in [0.1, 0.15) is 43.7 Å². The minimum Gasteiger partial charge on any atom is -0.481 e. The molecule has 1 saturated carbocycles. The van der Waals surface area contributed by atoms with Crippen LogP contribution in [0.2, 0.25) is 0 Å². The number of pyridine rings is 1. The summed E-state index contributed by atoms with van der Waals surface area (Å²) >= 11 is 0. The number of aliphatic carboxylic acids is 1. The number of hydrogen-bond acceptors (Lipinski definition) is 4. The van der Waals surface area contributed by atoms with Crippen LogP contribution < -0.4 is 0 Å². The summed E-state index contributed by atoms with van der Waals surface area (Å²) in [6.07, 6.45) is 9.70. The molecule has 2 N–H and O–H groups in total. The SMILES string of the molecule is O=C(O)CC1CCC(c2nc3c(-c4ccc(-c5ccccc5)nc4)cnn3c3[nH]ccc23)CC1. The second-order valence-corrected chi connectivity index (χ2v) is 9.14. The van der Waals surface area contributed by atoms with E-state index in [9.17, 15) is 4.79 Å². The summed E-state index contributed by atoms with van der Waals surface area (Å²) < 4.78 is 1.87. The number of aromatic nitrogens is 5. The molecule has 0 amide bonds. The lowest BCUT2D eigenvalue weighted by atomic mass is 9.78. The summed E-state index contributed by atoms with van der Waals surface area (Å²) in [6, 6.07) is 16.3. The Bertz CT molecular complexity index is 1460. The van der Waals surface area contributed by atoms with E-state index in [4.69, 9.17) is 10.1 Å². The zero-order valence-electron chi connectivity index (χ0n) is 18.7. The molecule has 5 aromatic rings. The Morgan fingerprint density at radius 2 is 1.82 bits per heavy atom. The van der Waals surface area contributed by atoms with Crippen molar-refractivity contribution < 1.29 is 9.90 Å². The maximum atomic E-state index is 11.1. The fourth-order valence-corrected chi connectivity index (χ4v) is 5.26. The number of benzene rings is 1. The average molecular weight is 452 g/mol. The third kappa shape index (κ3) is 3.63. The minimum absolute atomic E-state index is 0.261. The van der Waals surface area contributed by atoms with Crippen molar-refractivity contribution in [2.24, 2.45) is 5.92 Å². The van der Waals surface area contributed by atoms with Gasteiger partial charge >= 0.3 is 5.97 Å². The molecule has 0 aliphatic heterocycles. The Balaban J connectivity index is 1.37. The lowest BCUT2D eigenvalue weighted by Gasteiger charge is -2.27. The van der Waals surface area contributed by atoms with Crippen LogP contribution >= 0.6 is 0 Å². The molecule has 7 heteroatoms. The van der Waals surface area contributed by atoms with Gasteiger partial charge < -0.3 is 10.1 Å². The number of nitrogens with one attached hydrogen (secondary N) is 1. The summed E-state index contributed by atoms with van der Waals surface area (Å²) in [4.78, 5) is 24.3. The number of carboxylic acids is 1. The molecule has 0 saturated heterocycles. The minimum atomic E-state index is -0.702. The lowest BCUT2D eigenvalue weighted by molar-refractivity contribution is -0.138. The molecule has 0 unspecified atom stereocenters. The fourth-order valence-electron chi connectivity index (χ4n) is 5.26. The first-order valence-corrected chi connectivity index (χ1v) is 11.8. The van der Waals surface area contributed by atoms with Crippen LogP contribution in [-0.4, -0.2) is 35.6 Å². The molecule has 0 radical (unpaired) electrons. The van der Waals surface area contributed by atoms with Crippen molar-refractivity contribution in [2.75, 3.05) is 0 Å². The van der Waals surface area contributed by atoms with E-state index in [2.05, 4.69) is 39.3 Å². The molecule has 170 valence electrons. The fraction of sp³-hybridized carbons (Fsp3) is 0.259. The van der Waals surface area contributed by atoms with Crippen molar-refractivity contribution in [3.8, 4) is 22.4 Å². The first kappa shape index (κ1) is 20.6. The molecule has 1 aliphatic rings. The van der Waals surface area contributed by atoms with Crippen LogP contribution in [0.15, 0.2) is 67.1 Å². The van der Waals surface area contributed by atoms with E-state index in [1.807, 2.05) is 47.4 Å². The number of rotatable bonds is 5. The Morgan fingerprint density at radius 1 is 1.00 bits per heavy atom. The maximum Gasteiger partial charge on any atom is 0.303 e. The number of carboxylic acid groups (broad SMARTS) is 1. The summed E-state index contributed by atoms with van der Waals surface area (Å²) in [5.74, 6) is -0.125. The van der Waals surface area contributed by atoms with Crippen molar-refractivity contribution in [3.05, 3.63) is 72.8 Å². The van der Waals surface area contributed by atoms with Gasteiger partial charge in [-0.25, -0.2) is 4.98 Å². The molecule has 6 rings (SSSR count). The van der Waals surface area contributed by atoms with Gasteiger partial charge in [0.1, 0.15) is 5.65 Å². The predicted octanol–water partition coefficient (Wildman–Crippen LogP) is 5.69. The molecule has 0 bridgehead atoms. The van der Waals surface area contributed by atoms with Gasteiger partial charge in [0, 0.05) is 46.8 Å². The number of H-pyrrole nitrogens is 1. The number of nitrogens with zero attached hydrogens (tertiary/aromatic N) is 4. The molecule has 1 fully saturated rings. The van der Waals surface area contributed by atoms with Gasteiger partial charge in [0.15, 0.2) is 5.65 Å². The monoisotopic (exact) mass is 451 g/mol. The Labute approximate surface area is 196 Å². The van der Waals surface area contributed by atoms with Crippen LogP contribution in [0.5, 0.6) is 0 Å². The third-order valence-corrected chi connectivity index (χ3v) is 7.02. The van der Waals surface area contributed by atoms with E-state index in [0.29, 0.717) is 5.92 Å². The number of carbonyl (C=O) groups is 1. The molecule has 34 heavy (non-hydrogen) atoms. The van der Waals surface area contributed by atoms with Crippen molar-refractivity contribution in [3.63, 3.8) is 0 Å². The molecular formula is C27H25N5O2. The Kier molecular flexibility index (Phi) is 5.09. The highest BCUT2D eigenvalue weighted by atomic mass is 16.4. The number of hydrogen-bond donors (Lipinski definition) is 2. The Hall–Kier alpha value is -4.00. The van der Waals surface area contributed by atoms with E-state index < -0.39 is 5.97 Å². The summed E-state index contributed by atoms with van der Waals surface area (Å²) in [5, 5.41) is 14.9. The third-order valence-electron chi connectivity index (χ3n) is 7.02. The van der Waals surface area contributed by atoms with Gasteiger partial charge in [0.05, 0.1) is 17.6 Å². The van der Waals surface area contributed by atoms with Crippen LogP contribution in [0.25, 0.3) is 39.1 Å². The molecule has 4 heterocycles. The van der Waals surface area contributed by atoms with Gasteiger partial charge in [-0.05, 0) is 43.7 Å². The molecule has 1 aliphatic carbocycles. The van der Waals surface area contributed by atoms with E-state index in [1.54, 1.807) is 0 Å². The van der Waals surface area contributed by atoms with Gasteiger partial charge in [-0.3, -0.25) is 9.78 Å².